The third-order valence-corrected chi connectivity index (χ3v) is 6.14. The molecular weight excluding hydrogens is 411 g/mol. The molecule has 0 saturated carbocycles. The van der Waals surface area contributed by atoms with Gasteiger partial charge in [0.2, 0.25) is 5.91 Å². The number of nitrogens with one attached hydrogen (secondary N) is 1. The minimum absolute atomic E-state index is 0.0883. The van der Waals surface area contributed by atoms with Gasteiger partial charge in [-0.1, -0.05) is 6.07 Å². The van der Waals surface area contributed by atoms with Crippen molar-refractivity contribution in [3.05, 3.63) is 57.3 Å². The summed E-state index contributed by atoms with van der Waals surface area (Å²) in [5.74, 6) is -0.453. The highest BCUT2D eigenvalue weighted by Gasteiger charge is 2.22. The maximum atomic E-state index is 13.8. The summed E-state index contributed by atoms with van der Waals surface area (Å²) in [7, 11) is 0. The summed E-state index contributed by atoms with van der Waals surface area (Å²) in [4.78, 5) is 25.7. The molecule has 32 heavy (non-hydrogen) atoms. The molecule has 2 aromatic heterocycles. The summed E-state index contributed by atoms with van der Waals surface area (Å²) in [5, 5.41) is 8.40. The van der Waals surface area contributed by atoms with E-state index >= 15 is 0 Å². The first kappa shape index (κ1) is 22.2. The lowest BCUT2D eigenvalue weighted by Gasteiger charge is -2.15. The van der Waals surface area contributed by atoms with Crippen LogP contribution in [0.2, 0.25) is 0 Å². The number of hydrogen-bond donors (Lipinski definition) is 1. The largest absolute Gasteiger partial charge is 0.376 e. The molecule has 0 spiro atoms. The van der Waals surface area contributed by atoms with Crippen molar-refractivity contribution in [1.29, 1.82) is 0 Å². The second kappa shape index (κ2) is 9.24. The first-order valence-electron chi connectivity index (χ1n) is 11.2. The number of carbonyl (C=O) groups is 1. The number of rotatable bonds is 7. The predicted octanol–water partition coefficient (Wildman–Crippen LogP) is 3.19. The number of halogens is 1. The molecule has 0 radical (unpaired) electrons. The van der Waals surface area contributed by atoms with Crippen LogP contribution >= 0.6 is 0 Å². The minimum Gasteiger partial charge on any atom is -0.376 e. The van der Waals surface area contributed by atoms with Crippen molar-refractivity contribution in [3.8, 4) is 5.69 Å². The Balaban J connectivity index is 1.66. The first-order chi connectivity index (χ1) is 15.4. The van der Waals surface area contributed by atoms with Crippen LogP contribution in [0.5, 0.6) is 0 Å². The average molecular weight is 441 g/mol. The number of fused-ring (bicyclic) bond motifs is 1. The van der Waals surface area contributed by atoms with Crippen molar-refractivity contribution in [2.24, 2.45) is 0 Å². The summed E-state index contributed by atoms with van der Waals surface area (Å²) < 4.78 is 22.7. The molecule has 0 aliphatic carbocycles. The van der Waals surface area contributed by atoms with Crippen LogP contribution in [0.3, 0.4) is 0 Å². The van der Waals surface area contributed by atoms with E-state index in [0.29, 0.717) is 36.4 Å². The van der Waals surface area contributed by atoms with E-state index < -0.39 is 0 Å². The van der Waals surface area contributed by atoms with Crippen LogP contribution in [0.15, 0.2) is 29.1 Å². The molecule has 1 saturated heterocycles. The summed E-state index contributed by atoms with van der Waals surface area (Å²) in [6.07, 6.45) is 2.66. The standard InChI is InChI=1S/C24H29FN4O3/c1-4-28-23-22(16(3)27-29(23)18-8-5-7-17(25)13-18)15(2)20(24(28)31)10-11-21(30)26-14-19-9-6-12-32-19/h5,7-8,13,19H,4,6,9-12,14H2,1-3H3,(H,26,30). The molecule has 1 atom stereocenters. The van der Waals surface area contributed by atoms with Crippen molar-refractivity contribution in [1.82, 2.24) is 19.7 Å². The number of nitrogens with zero attached hydrogens (tertiary/aromatic N) is 3. The molecule has 1 amide bonds. The Labute approximate surface area is 186 Å². The molecule has 1 N–H and O–H groups in total. The second-order valence-corrected chi connectivity index (χ2v) is 8.27. The van der Waals surface area contributed by atoms with Gasteiger partial charge in [-0.15, -0.1) is 0 Å². The molecule has 8 heteroatoms. The van der Waals surface area contributed by atoms with Gasteiger partial charge in [-0.2, -0.15) is 5.10 Å². The van der Waals surface area contributed by atoms with Gasteiger partial charge in [-0.3, -0.25) is 14.2 Å². The molecule has 4 rings (SSSR count). The Morgan fingerprint density at radius 1 is 1.34 bits per heavy atom. The van der Waals surface area contributed by atoms with E-state index in [1.165, 1.54) is 12.1 Å². The first-order valence-corrected chi connectivity index (χ1v) is 11.2. The molecule has 3 aromatic rings. The van der Waals surface area contributed by atoms with Gasteiger partial charge in [0.1, 0.15) is 11.5 Å². The highest BCUT2D eigenvalue weighted by molar-refractivity contribution is 5.85. The summed E-state index contributed by atoms with van der Waals surface area (Å²) in [5.41, 5.74) is 3.26. The van der Waals surface area contributed by atoms with Crippen LogP contribution in [0.1, 0.15) is 43.0 Å². The Hall–Kier alpha value is -3.00. The van der Waals surface area contributed by atoms with Crippen molar-refractivity contribution < 1.29 is 13.9 Å². The number of aromatic nitrogens is 3. The zero-order valence-corrected chi connectivity index (χ0v) is 18.8. The van der Waals surface area contributed by atoms with Crippen LogP contribution in [0.4, 0.5) is 4.39 Å². The van der Waals surface area contributed by atoms with E-state index in [9.17, 15) is 14.0 Å². The highest BCUT2D eigenvalue weighted by atomic mass is 19.1. The Morgan fingerprint density at radius 2 is 2.16 bits per heavy atom. The van der Waals surface area contributed by atoms with Crippen LogP contribution in [0.25, 0.3) is 16.7 Å². The fraction of sp³-hybridized carbons (Fsp3) is 0.458. The smallest absolute Gasteiger partial charge is 0.255 e. The number of amides is 1. The predicted molar refractivity (Wildman–Crippen MR) is 121 cm³/mol. The molecule has 170 valence electrons. The highest BCUT2D eigenvalue weighted by Crippen LogP contribution is 2.26. The SMILES string of the molecule is CCn1c(=O)c(CCC(=O)NCC2CCCO2)c(C)c2c(C)nn(-c3cccc(F)c3)c21. The van der Waals surface area contributed by atoms with E-state index in [0.717, 1.165) is 36.1 Å². The Bertz CT molecular complexity index is 1210. The van der Waals surface area contributed by atoms with Crippen LogP contribution in [-0.2, 0) is 22.5 Å². The van der Waals surface area contributed by atoms with E-state index in [1.54, 1.807) is 21.4 Å². The van der Waals surface area contributed by atoms with Crippen LogP contribution < -0.4 is 10.9 Å². The number of benzene rings is 1. The average Bonchev–Trinajstić information content (AvgIpc) is 3.40. The number of aryl methyl sites for hydroxylation is 3. The molecule has 1 aromatic carbocycles. The van der Waals surface area contributed by atoms with Gasteiger partial charge in [0.25, 0.3) is 5.56 Å². The van der Waals surface area contributed by atoms with E-state index in [1.807, 2.05) is 20.8 Å². The van der Waals surface area contributed by atoms with Crippen molar-refractivity contribution >= 4 is 16.9 Å². The molecule has 1 aliphatic rings. The van der Waals surface area contributed by atoms with Crippen LogP contribution in [0, 0.1) is 19.7 Å². The molecule has 0 bridgehead atoms. The van der Waals surface area contributed by atoms with Gasteiger partial charge in [0.05, 0.1) is 17.5 Å². The van der Waals surface area contributed by atoms with Crippen molar-refractivity contribution in [3.63, 3.8) is 0 Å². The molecule has 7 nitrogen and oxygen atoms in total. The third-order valence-electron chi connectivity index (χ3n) is 6.14. The summed E-state index contributed by atoms with van der Waals surface area (Å²) >= 11 is 0. The molecule has 1 aliphatic heterocycles. The van der Waals surface area contributed by atoms with Gasteiger partial charge < -0.3 is 10.1 Å². The van der Waals surface area contributed by atoms with Crippen molar-refractivity contribution in [2.75, 3.05) is 13.2 Å². The number of ether oxygens (including phenoxy) is 1. The van der Waals surface area contributed by atoms with Gasteiger partial charge >= 0.3 is 0 Å². The lowest BCUT2D eigenvalue weighted by atomic mass is 10.0. The third kappa shape index (κ3) is 4.19. The van der Waals surface area contributed by atoms with Gasteiger partial charge in [-0.05, 0) is 63.8 Å². The number of hydrogen-bond acceptors (Lipinski definition) is 4. The second-order valence-electron chi connectivity index (χ2n) is 8.27. The fourth-order valence-corrected chi connectivity index (χ4v) is 4.51. The van der Waals surface area contributed by atoms with Crippen molar-refractivity contribution in [2.45, 2.75) is 59.1 Å². The maximum absolute atomic E-state index is 13.8. The van der Waals surface area contributed by atoms with E-state index in [-0.39, 0.29) is 29.8 Å². The Kier molecular flexibility index (Phi) is 6.41. The topological polar surface area (TPSA) is 78.2 Å². The van der Waals surface area contributed by atoms with E-state index in [4.69, 9.17) is 4.74 Å². The fourth-order valence-electron chi connectivity index (χ4n) is 4.51. The zero-order chi connectivity index (χ0) is 22.8. The maximum Gasteiger partial charge on any atom is 0.255 e. The Morgan fingerprint density at radius 3 is 2.84 bits per heavy atom. The normalized spacial score (nSPS) is 16.1. The van der Waals surface area contributed by atoms with Gasteiger partial charge in [0, 0.05) is 37.1 Å². The quantitative estimate of drug-likeness (QED) is 0.612. The molecular formula is C24H29FN4O3. The summed E-state index contributed by atoms with van der Waals surface area (Å²) in [6, 6.07) is 6.17. The zero-order valence-electron chi connectivity index (χ0n) is 18.8. The lowest BCUT2D eigenvalue weighted by Crippen LogP contribution is -2.33. The molecule has 1 unspecified atom stereocenters. The van der Waals surface area contributed by atoms with Gasteiger partial charge in [-0.25, -0.2) is 9.07 Å². The monoisotopic (exact) mass is 440 g/mol. The molecule has 1 fully saturated rings. The van der Waals surface area contributed by atoms with Crippen LogP contribution in [-0.4, -0.2) is 39.5 Å². The number of pyridine rings is 1. The van der Waals surface area contributed by atoms with Gasteiger partial charge in [0.15, 0.2) is 0 Å². The lowest BCUT2D eigenvalue weighted by molar-refractivity contribution is -0.121. The summed E-state index contributed by atoms with van der Waals surface area (Å²) in [6.45, 7) is 7.37. The molecule has 3 heterocycles. The number of carbonyl (C=O) groups excluding carboxylic acids is 1. The minimum atomic E-state index is -0.364. The van der Waals surface area contributed by atoms with E-state index in [2.05, 4.69) is 10.4 Å².